The number of rotatable bonds is 9. The molecule has 10 heteroatoms. The molecular formula is C29H36Cl2N4O4. The number of carbonyl (C=O) groups excluding carboxylic acids is 1. The Morgan fingerprint density at radius 2 is 1.74 bits per heavy atom. The first-order chi connectivity index (χ1) is 18.6. The highest BCUT2D eigenvalue weighted by molar-refractivity contribution is 6.43. The lowest BCUT2D eigenvalue weighted by atomic mass is 10.1. The van der Waals surface area contributed by atoms with Crippen LogP contribution < -0.4 is 20.5 Å². The topological polar surface area (TPSA) is 76.0 Å². The molecule has 4 rings (SSSR count). The van der Waals surface area contributed by atoms with E-state index >= 15 is 0 Å². The first kappa shape index (κ1) is 29.1. The van der Waals surface area contributed by atoms with Crippen LogP contribution in [0.3, 0.4) is 0 Å². The number of unbranched alkanes of at least 4 members (excludes halogenated alkanes) is 1. The number of piperazine rings is 1. The highest BCUT2D eigenvalue weighted by Crippen LogP contribution is 2.32. The van der Waals surface area contributed by atoms with Gasteiger partial charge in [-0.05, 0) is 75.9 Å². The van der Waals surface area contributed by atoms with E-state index in [0.717, 1.165) is 56.6 Å². The second-order valence-corrected chi connectivity index (χ2v) is 11.5. The van der Waals surface area contributed by atoms with Gasteiger partial charge in [0.05, 0.1) is 27.9 Å². The third-order valence-corrected chi connectivity index (χ3v) is 7.36. The number of alkyl carbamates (subject to hydrolysis) is 1. The molecule has 0 bridgehead atoms. The van der Waals surface area contributed by atoms with Gasteiger partial charge in [-0.1, -0.05) is 29.3 Å². The van der Waals surface area contributed by atoms with Crippen molar-refractivity contribution in [2.45, 2.75) is 45.9 Å². The zero-order chi connectivity index (χ0) is 28.0. The van der Waals surface area contributed by atoms with Gasteiger partial charge in [-0.3, -0.25) is 14.3 Å². The Morgan fingerprint density at radius 1 is 1.00 bits per heavy atom. The summed E-state index contributed by atoms with van der Waals surface area (Å²) in [4.78, 5) is 29.3. The van der Waals surface area contributed by atoms with E-state index < -0.39 is 11.6 Å². The molecular weight excluding hydrogens is 539 g/mol. The number of nitrogens with zero attached hydrogens (tertiary/aromatic N) is 3. The zero-order valence-corrected chi connectivity index (χ0v) is 24.2. The molecule has 1 N–H and O–H groups in total. The quantitative estimate of drug-likeness (QED) is 0.327. The number of benzene rings is 2. The molecule has 1 aromatic heterocycles. The highest BCUT2D eigenvalue weighted by Gasteiger charge is 2.19. The van der Waals surface area contributed by atoms with Crippen molar-refractivity contribution in [3.05, 3.63) is 68.9 Å². The molecule has 2 aromatic carbocycles. The largest absolute Gasteiger partial charge is 0.494 e. The Labute approximate surface area is 239 Å². The molecule has 8 nitrogen and oxygen atoms in total. The van der Waals surface area contributed by atoms with Crippen LogP contribution in [0, 0.1) is 0 Å². The maximum atomic E-state index is 12.5. The van der Waals surface area contributed by atoms with E-state index in [0.29, 0.717) is 27.9 Å². The van der Waals surface area contributed by atoms with Crippen LogP contribution in [0.4, 0.5) is 10.5 Å². The van der Waals surface area contributed by atoms with Gasteiger partial charge < -0.3 is 19.7 Å². The van der Waals surface area contributed by atoms with Crippen molar-refractivity contribution >= 4 is 45.9 Å². The standard InChI is InChI=1S/C29H36Cl2N4O4/c1-29(2,3)32-28(37)39-20-35-25-19-22(11-9-21(25)10-12-26(35)36)38-18-5-4-13-33-14-16-34(17-15-33)24-8-6-7-23(30)27(24)31/h6-12,19H,4-5,13-18,20H2,1-3H3,(H,32,37). The van der Waals surface area contributed by atoms with Crippen LogP contribution in [0.1, 0.15) is 33.6 Å². The van der Waals surface area contributed by atoms with Gasteiger partial charge in [-0.25, -0.2) is 4.79 Å². The number of pyridine rings is 1. The highest BCUT2D eigenvalue weighted by atomic mass is 35.5. The smallest absolute Gasteiger partial charge is 0.409 e. The van der Waals surface area contributed by atoms with Crippen molar-refractivity contribution in [1.82, 2.24) is 14.8 Å². The Balaban J connectivity index is 1.24. The van der Waals surface area contributed by atoms with E-state index in [4.69, 9.17) is 32.7 Å². The summed E-state index contributed by atoms with van der Waals surface area (Å²) in [5.41, 5.74) is 0.974. The van der Waals surface area contributed by atoms with E-state index in [-0.39, 0.29) is 12.3 Å². The fraction of sp³-hybridized carbons (Fsp3) is 0.448. The lowest BCUT2D eigenvalue weighted by Crippen LogP contribution is -2.46. The summed E-state index contributed by atoms with van der Waals surface area (Å²) in [6.07, 6.45) is 1.36. The van der Waals surface area contributed by atoms with E-state index in [1.807, 2.05) is 57.2 Å². The third-order valence-electron chi connectivity index (χ3n) is 6.55. The van der Waals surface area contributed by atoms with Crippen molar-refractivity contribution in [3.63, 3.8) is 0 Å². The van der Waals surface area contributed by atoms with Gasteiger partial charge in [0.25, 0.3) is 5.56 Å². The average molecular weight is 576 g/mol. The van der Waals surface area contributed by atoms with Crippen LogP contribution in [-0.2, 0) is 11.5 Å². The molecule has 39 heavy (non-hydrogen) atoms. The predicted molar refractivity (Wildman–Crippen MR) is 157 cm³/mol. The molecule has 2 heterocycles. The summed E-state index contributed by atoms with van der Waals surface area (Å²) in [6, 6.07) is 14.6. The van der Waals surface area contributed by atoms with Crippen LogP contribution in [0.2, 0.25) is 10.0 Å². The molecule has 3 aromatic rings. The van der Waals surface area contributed by atoms with Gasteiger partial charge >= 0.3 is 6.09 Å². The SMILES string of the molecule is CC(C)(C)NC(=O)OCn1c(=O)ccc2ccc(OCCCCN3CCN(c4cccc(Cl)c4Cl)CC3)cc21. The molecule has 0 atom stereocenters. The number of hydrogen-bond donors (Lipinski definition) is 1. The third kappa shape index (κ3) is 8.03. The number of aromatic nitrogens is 1. The molecule has 1 aliphatic rings. The van der Waals surface area contributed by atoms with Crippen molar-refractivity contribution in [1.29, 1.82) is 0 Å². The second-order valence-electron chi connectivity index (χ2n) is 10.7. The number of amides is 1. The fourth-order valence-electron chi connectivity index (χ4n) is 4.53. The number of carbonyl (C=O) groups is 1. The van der Waals surface area contributed by atoms with E-state index in [1.54, 1.807) is 6.07 Å². The maximum absolute atomic E-state index is 12.5. The molecule has 1 saturated heterocycles. The first-order valence-corrected chi connectivity index (χ1v) is 14.0. The lowest BCUT2D eigenvalue weighted by molar-refractivity contribution is 0.107. The number of ether oxygens (including phenoxy) is 2. The number of halogens is 2. The number of nitrogens with one attached hydrogen (secondary N) is 1. The van der Waals surface area contributed by atoms with Crippen molar-refractivity contribution in [2.75, 3.05) is 44.2 Å². The van der Waals surface area contributed by atoms with Crippen LogP contribution in [0.5, 0.6) is 5.75 Å². The van der Waals surface area contributed by atoms with Gasteiger partial charge in [0.1, 0.15) is 5.75 Å². The average Bonchev–Trinajstić information content (AvgIpc) is 2.89. The van der Waals surface area contributed by atoms with E-state index in [9.17, 15) is 9.59 Å². The molecule has 1 amide bonds. The van der Waals surface area contributed by atoms with Crippen molar-refractivity contribution in [2.24, 2.45) is 0 Å². The van der Waals surface area contributed by atoms with Crippen LogP contribution in [0.15, 0.2) is 53.3 Å². The normalized spacial score (nSPS) is 14.4. The van der Waals surface area contributed by atoms with Crippen molar-refractivity contribution in [3.8, 4) is 5.75 Å². The Kier molecular flexibility index (Phi) is 9.64. The first-order valence-electron chi connectivity index (χ1n) is 13.2. The molecule has 0 spiro atoms. The molecule has 210 valence electrons. The number of hydrogen-bond acceptors (Lipinski definition) is 6. The van der Waals surface area contributed by atoms with Gasteiger partial charge in [0.15, 0.2) is 6.73 Å². The lowest BCUT2D eigenvalue weighted by Gasteiger charge is -2.36. The maximum Gasteiger partial charge on any atom is 0.409 e. The minimum Gasteiger partial charge on any atom is -0.494 e. The van der Waals surface area contributed by atoms with Crippen molar-refractivity contribution < 1.29 is 14.3 Å². The summed E-state index contributed by atoms with van der Waals surface area (Å²) in [5.74, 6) is 0.674. The van der Waals surface area contributed by atoms with E-state index in [1.165, 1.54) is 10.6 Å². The van der Waals surface area contributed by atoms with Gasteiger partial charge in [-0.2, -0.15) is 0 Å². The zero-order valence-electron chi connectivity index (χ0n) is 22.7. The molecule has 0 aliphatic carbocycles. The molecule has 0 radical (unpaired) electrons. The van der Waals surface area contributed by atoms with Crippen LogP contribution in [-0.4, -0.2) is 60.4 Å². The molecule has 1 aliphatic heterocycles. The second kappa shape index (κ2) is 12.9. The summed E-state index contributed by atoms with van der Waals surface area (Å²) >= 11 is 12.6. The summed E-state index contributed by atoms with van der Waals surface area (Å²) in [6.45, 7) is 10.8. The number of anilines is 1. The minimum absolute atomic E-state index is 0.182. The molecule has 0 saturated carbocycles. The Bertz CT molecular complexity index is 1350. The summed E-state index contributed by atoms with van der Waals surface area (Å²) < 4.78 is 12.7. The molecule has 0 unspecified atom stereocenters. The van der Waals surface area contributed by atoms with Gasteiger partial charge in [-0.15, -0.1) is 0 Å². The molecule has 1 fully saturated rings. The fourth-order valence-corrected chi connectivity index (χ4v) is 4.95. The predicted octanol–water partition coefficient (Wildman–Crippen LogP) is 5.77. The Hall–Kier alpha value is -2.94. The summed E-state index contributed by atoms with van der Waals surface area (Å²) in [7, 11) is 0. The Morgan fingerprint density at radius 3 is 2.49 bits per heavy atom. The van der Waals surface area contributed by atoms with Gasteiger partial charge in [0, 0.05) is 43.9 Å². The minimum atomic E-state index is -0.575. The van der Waals surface area contributed by atoms with Crippen LogP contribution >= 0.6 is 23.2 Å². The summed E-state index contributed by atoms with van der Waals surface area (Å²) in [5, 5.41) is 4.80. The monoisotopic (exact) mass is 574 g/mol. The van der Waals surface area contributed by atoms with Crippen LogP contribution in [0.25, 0.3) is 10.9 Å². The van der Waals surface area contributed by atoms with Gasteiger partial charge in [0.2, 0.25) is 0 Å². The van der Waals surface area contributed by atoms with E-state index in [2.05, 4.69) is 15.1 Å². The number of fused-ring (bicyclic) bond motifs is 1.